The van der Waals surface area contributed by atoms with Crippen molar-refractivity contribution in [3.05, 3.63) is 87.0 Å². The summed E-state index contributed by atoms with van der Waals surface area (Å²) < 4.78 is 3.81. The zero-order chi connectivity index (χ0) is 39.5. The van der Waals surface area contributed by atoms with Crippen LogP contribution in [0.15, 0.2) is 36.4 Å². The summed E-state index contributed by atoms with van der Waals surface area (Å²) in [6.07, 6.45) is 6.73. The van der Waals surface area contributed by atoms with Gasteiger partial charge in [0.2, 0.25) is 5.78 Å². The summed E-state index contributed by atoms with van der Waals surface area (Å²) in [5.74, 6) is -0.251. The Kier molecular flexibility index (Phi) is 10.2. The van der Waals surface area contributed by atoms with Gasteiger partial charge in [0.1, 0.15) is 0 Å². The minimum Gasteiger partial charge on any atom is -0.481 e. The van der Waals surface area contributed by atoms with Gasteiger partial charge in [-0.2, -0.15) is 0 Å². The lowest BCUT2D eigenvalue weighted by Gasteiger charge is -2.32. The van der Waals surface area contributed by atoms with Crippen molar-refractivity contribution >= 4 is 34.9 Å². The zero-order valence-corrected chi connectivity index (χ0v) is 33.6. The Morgan fingerprint density at radius 1 is 0.893 bits per heavy atom. The van der Waals surface area contributed by atoms with Crippen molar-refractivity contribution in [2.45, 2.75) is 90.8 Å². The van der Waals surface area contributed by atoms with E-state index in [1.165, 1.54) is 0 Å². The van der Waals surface area contributed by atoms with Crippen LogP contribution < -0.4 is 5.32 Å². The number of Topliss-reactive ketones (excluding diaryl/α,β-unsaturated/α-hetero) is 1. The summed E-state index contributed by atoms with van der Waals surface area (Å²) >= 11 is 7.04. The number of nitrogens with one attached hydrogen (secondary N) is 1. The average molecular weight is 782 g/mol. The minimum atomic E-state index is -0.623. The molecule has 296 valence electrons. The summed E-state index contributed by atoms with van der Waals surface area (Å²) in [5.41, 5.74) is 7.47. The molecular formula is C43H52ClN7O5. The predicted octanol–water partition coefficient (Wildman–Crippen LogP) is 5.98. The number of carbonyl (C=O) groups excluding carboxylic acids is 2. The first kappa shape index (κ1) is 38.5. The molecule has 56 heavy (non-hydrogen) atoms. The van der Waals surface area contributed by atoms with E-state index in [1.807, 2.05) is 60.5 Å². The third-order valence-electron chi connectivity index (χ3n) is 13.4. The summed E-state index contributed by atoms with van der Waals surface area (Å²) in [6.45, 7) is 8.21. The van der Waals surface area contributed by atoms with Crippen molar-refractivity contribution in [1.29, 1.82) is 0 Å². The number of fused-ring (bicyclic) bond motifs is 4. The van der Waals surface area contributed by atoms with Gasteiger partial charge in [-0.3, -0.25) is 24.2 Å². The number of nitrogens with zero attached hydrogens (tertiary/aromatic N) is 6. The van der Waals surface area contributed by atoms with Crippen LogP contribution in [0.5, 0.6) is 0 Å². The fourth-order valence-electron chi connectivity index (χ4n) is 10.1. The number of carboxylic acids is 1. The largest absolute Gasteiger partial charge is 0.481 e. The van der Waals surface area contributed by atoms with Crippen LogP contribution in [0.1, 0.15) is 101 Å². The number of carboxylic acid groups (broad SMARTS) is 1. The fraction of sp³-hybridized carbons (Fsp3) is 0.512. The zero-order valence-electron chi connectivity index (χ0n) is 32.8. The van der Waals surface area contributed by atoms with Gasteiger partial charge >= 0.3 is 5.97 Å². The second-order valence-corrected chi connectivity index (χ2v) is 17.3. The highest BCUT2D eigenvalue weighted by Gasteiger charge is 2.57. The summed E-state index contributed by atoms with van der Waals surface area (Å²) in [6, 6.07) is 11.4. The Labute approximate surface area is 332 Å². The molecule has 4 aliphatic rings. The fourth-order valence-corrected chi connectivity index (χ4v) is 10.4. The SMILES string of the molecule is Cc1c(CC(=O)c2nc3c(n2C)CCN(C[C@H](C)O)C3)cccc1-c1cccc(NC(=O)c2nc3c(n2C)CCN(CCC24CCC(C(=O)O)(CC2)C4)C3)c1Cl. The second-order valence-electron chi connectivity index (χ2n) is 17.0. The number of β-amino-alcohol motifs (C(OH)–C–C–N with tert-alkyl or cyclic N) is 1. The Morgan fingerprint density at radius 3 is 2.20 bits per heavy atom. The maximum Gasteiger partial charge on any atom is 0.309 e. The van der Waals surface area contributed by atoms with E-state index in [2.05, 4.69) is 15.1 Å². The van der Waals surface area contributed by atoms with E-state index in [1.54, 1.807) is 13.0 Å². The molecule has 0 unspecified atom stereocenters. The third-order valence-corrected chi connectivity index (χ3v) is 13.8. The number of halogens is 1. The number of hydrogen-bond donors (Lipinski definition) is 3. The first-order valence-corrected chi connectivity index (χ1v) is 20.3. The van der Waals surface area contributed by atoms with Crippen LogP contribution in [0.3, 0.4) is 0 Å². The number of hydrogen-bond acceptors (Lipinski definition) is 8. The van der Waals surface area contributed by atoms with E-state index >= 15 is 0 Å². The van der Waals surface area contributed by atoms with Crippen LogP contribution >= 0.6 is 11.6 Å². The van der Waals surface area contributed by atoms with Crippen molar-refractivity contribution in [2.75, 3.05) is 31.5 Å². The Morgan fingerprint density at radius 2 is 1.52 bits per heavy atom. The Bertz CT molecular complexity index is 2220. The molecule has 4 aromatic rings. The van der Waals surface area contributed by atoms with E-state index in [0.717, 1.165) is 116 Å². The Balaban J connectivity index is 0.938. The molecule has 13 heteroatoms. The normalized spacial score (nSPS) is 22.5. The van der Waals surface area contributed by atoms with Crippen molar-refractivity contribution in [1.82, 2.24) is 28.9 Å². The van der Waals surface area contributed by atoms with Crippen LogP contribution in [0, 0.1) is 17.8 Å². The quantitative estimate of drug-likeness (QED) is 0.148. The number of aliphatic carboxylic acids is 1. The number of aliphatic hydroxyl groups excluding tert-OH is 1. The van der Waals surface area contributed by atoms with Gasteiger partial charge in [0, 0.05) is 83.0 Å². The number of anilines is 1. The van der Waals surface area contributed by atoms with Gasteiger partial charge < -0.3 is 24.7 Å². The number of imidazole rings is 2. The van der Waals surface area contributed by atoms with Crippen molar-refractivity contribution < 1.29 is 24.6 Å². The molecule has 2 fully saturated rings. The predicted molar refractivity (Wildman–Crippen MR) is 214 cm³/mol. The number of rotatable bonds is 12. The van der Waals surface area contributed by atoms with Crippen molar-refractivity contribution in [3.63, 3.8) is 0 Å². The maximum absolute atomic E-state index is 13.8. The molecular weight excluding hydrogens is 730 g/mol. The molecule has 2 aromatic heterocycles. The van der Waals surface area contributed by atoms with Crippen LogP contribution in [0.25, 0.3) is 11.1 Å². The van der Waals surface area contributed by atoms with Gasteiger partial charge in [0.05, 0.1) is 33.6 Å². The van der Waals surface area contributed by atoms with Gasteiger partial charge in [-0.15, -0.1) is 0 Å². The molecule has 0 spiro atoms. The lowest BCUT2D eigenvalue weighted by Crippen LogP contribution is -2.36. The van der Waals surface area contributed by atoms with Gasteiger partial charge in [0.25, 0.3) is 5.91 Å². The number of amides is 1. The van der Waals surface area contributed by atoms with Gasteiger partial charge in [-0.25, -0.2) is 9.97 Å². The number of carbonyl (C=O) groups is 3. The van der Waals surface area contributed by atoms with Crippen molar-refractivity contribution in [2.24, 2.45) is 24.9 Å². The summed E-state index contributed by atoms with van der Waals surface area (Å²) in [7, 11) is 3.79. The number of benzene rings is 2. The van der Waals surface area contributed by atoms with E-state index in [-0.39, 0.29) is 23.5 Å². The topological polar surface area (TPSA) is 146 Å². The standard InChI is InChI=1S/C43H52ClN7O5/c1-26(52)22-51-19-12-34-33(24-51)45-38(48(34)3)36(53)21-28-7-5-8-29(27(28)2)30-9-6-10-31(37(30)44)47-40(54)39-46-32-23-50(18-11-35(32)49(39)4)20-17-42-13-15-43(25-42,16-14-42)41(55)56/h5-10,26,52H,11-25H2,1-4H3,(H,47,54)(H,55,56)/t26-,42?,43?/m0/s1. The highest BCUT2D eigenvalue weighted by atomic mass is 35.5. The highest BCUT2D eigenvalue weighted by Crippen LogP contribution is 2.63. The van der Waals surface area contributed by atoms with Crippen LogP contribution in [0.2, 0.25) is 5.02 Å². The van der Waals surface area contributed by atoms with Crippen LogP contribution in [-0.4, -0.2) is 89.1 Å². The first-order chi connectivity index (χ1) is 26.8. The molecule has 0 radical (unpaired) electrons. The van der Waals surface area contributed by atoms with E-state index in [4.69, 9.17) is 21.6 Å². The first-order valence-electron chi connectivity index (χ1n) is 19.9. The van der Waals surface area contributed by atoms with Crippen LogP contribution in [-0.2, 0) is 51.2 Å². The molecule has 2 aliphatic heterocycles. The van der Waals surface area contributed by atoms with E-state index in [0.29, 0.717) is 42.0 Å². The smallest absolute Gasteiger partial charge is 0.309 e. The molecule has 2 aliphatic carbocycles. The van der Waals surface area contributed by atoms with Gasteiger partial charge in [0.15, 0.2) is 11.6 Å². The molecule has 3 N–H and O–H groups in total. The van der Waals surface area contributed by atoms with Gasteiger partial charge in [-0.1, -0.05) is 41.9 Å². The summed E-state index contributed by atoms with van der Waals surface area (Å²) in [4.78, 5) is 53.6. The van der Waals surface area contributed by atoms with Crippen LogP contribution in [0.4, 0.5) is 5.69 Å². The minimum absolute atomic E-state index is 0.0635. The average Bonchev–Trinajstić information content (AvgIpc) is 3.92. The molecule has 4 heterocycles. The number of aromatic nitrogens is 4. The molecule has 1 atom stereocenters. The molecule has 8 rings (SSSR count). The second kappa shape index (κ2) is 14.9. The number of aliphatic hydroxyl groups is 1. The van der Waals surface area contributed by atoms with Crippen molar-refractivity contribution in [3.8, 4) is 11.1 Å². The monoisotopic (exact) mass is 781 g/mol. The molecule has 1 amide bonds. The van der Waals surface area contributed by atoms with Gasteiger partial charge in [-0.05, 0) is 87.1 Å². The molecule has 12 nitrogen and oxygen atoms in total. The molecule has 0 saturated heterocycles. The maximum atomic E-state index is 13.8. The number of ketones is 1. The molecule has 2 bridgehead atoms. The summed E-state index contributed by atoms with van der Waals surface area (Å²) in [5, 5.41) is 23.1. The lowest BCUT2D eigenvalue weighted by molar-refractivity contribution is -0.148. The highest BCUT2D eigenvalue weighted by molar-refractivity contribution is 6.36. The lowest BCUT2D eigenvalue weighted by atomic mass is 9.80. The van der Waals surface area contributed by atoms with E-state index < -0.39 is 17.5 Å². The third kappa shape index (κ3) is 6.99. The Hall–Kier alpha value is -4.36. The molecule has 2 aromatic carbocycles. The molecule has 2 saturated carbocycles. The van der Waals surface area contributed by atoms with E-state index in [9.17, 15) is 24.6 Å².